The van der Waals surface area contributed by atoms with E-state index in [-0.39, 0.29) is 5.97 Å². The van der Waals surface area contributed by atoms with E-state index in [1.807, 2.05) is 30.3 Å². The van der Waals surface area contributed by atoms with Gasteiger partial charge in [-0.15, -0.1) is 11.8 Å². The molecule has 0 aliphatic rings. The molecule has 0 atom stereocenters. The van der Waals surface area contributed by atoms with Gasteiger partial charge in [0.2, 0.25) is 0 Å². The van der Waals surface area contributed by atoms with Gasteiger partial charge >= 0.3 is 5.97 Å². The Morgan fingerprint density at radius 1 is 1.15 bits per heavy atom. The molecule has 0 radical (unpaired) electrons. The predicted molar refractivity (Wildman–Crippen MR) is 78.1 cm³/mol. The van der Waals surface area contributed by atoms with Crippen molar-refractivity contribution in [2.24, 2.45) is 0 Å². The van der Waals surface area contributed by atoms with Gasteiger partial charge in [-0.3, -0.25) is 0 Å². The third-order valence-corrected chi connectivity index (χ3v) is 3.72. The number of rotatable bonds is 5. The molecule has 104 valence electrons. The van der Waals surface area contributed by atoms with Crippen LogP contribution in [-0.4, -0.2) is 25.2 Å². The minimum Gasteiger partial charge on any atom is -0.497 e. The van der Waals surface area contributed by atoms with Gasteiger partial charge in [-0.2, -0.15) is 0 Å². The predicted octanol–water partition coefficient (Wildman–Crippen LogP) is 3.17. The first-order valence-electron chi connectivity index (χ1n) is 6.03. The third-order valence-electron chi connectivity index (χ3n) is 2.70. The number of benzene rings is 1. The number of methoxy groups -OCH3 is 2. The Labute approximate surface area is 122 Å². The number of nitrogens with zero attached hydrogens (tertiary/aromatic N) is 1. The van der Waals surface area contributed by atoms with Crippen molar-refractivity contribution in [3.05, 3.63) is 53.7 Å². The summed E-state index contributed by atoms with van der Waals surface area (Å²) in [5.74, 6) is 1.29. The highest BCUT2D eigenvalue weighted by Crippen LogP contribution is 2.22. The summed E-state index contributed by atoms with van der Waals surface area (Å²) >= 11 is 1.61. The number of hydrogen-bond acceptors (Lipinski definition) is 5. The molecule has 0 saturated heterocycles. The first-order valence-corrected chi connectivity index (χ1v) is 7.01. The lowest BCUT2D eigenvalue weighted by atomic mass is 10.2. The van der Waals surface area contributed by atoms with Crippen LogP contribution in [0, 0.1) is 0 Å². The fraction of sp³-hybridized carbons (Fsp3) is 0.200. The number of carbonyl (C=O) groups is 1. The van der Waals surface area contributed by atoms with E-state index in [0.29, 0.717) is 5.56 Å². The second-order valence-corrected chi connectivity index (χ2v) is 5.01. The van der Waals surface area contributed by atoms with Crippen molar-refractivity contribution in [2.45, 2.75) is 10.8 Å². The lowest BCUT2D eigenvalue weighted by Crippen LogP contribution is -2.01. The van der Waals surface area contributed by atoms with Crippen LogP contribution >= 0.6 is 11.8 Å². The van der Waals surface area contributed by atoms with Crippen LogP contribution in [0.15, 0.2) is 47.6 Å². The van der Waals surface area contributed by atoms with Crippen LogP contribution in [-0.2, 0) is 10.5 Å². The Hall–Kier alpha value is -2.01. The first-order chi connectivity index (χ1) is 9.72. The molecule has 20 heavy (non-hydrogen) atoms. The Bertz CT molecular complexity index is 567. The normalized spacial score (nSPS) is 10.1. The standard InChI is InChI=1S/C15H15NO3S/c1-18-13-6-3-11(4-7-13)10-20-14-8-5-12(9-16-14)15(17)19-2/h3-9H,10H2,1-2H3. The zero-order valence-corrected chi connectivity index (χ0v) is 12.1. The molecule has 0 bridgehead atoms. The van der Waals surface area contributed by atoms with Crippen molar-refractivity contribution in [3.63, 3.8) is 0 Å². The third kappa shape index (κ3) is 3.74. The van der Waals surface area contributed by atoms with Gasteiger partial charge in [-0.25, -0.2) is 9.78 Å². The molecular formula is C15H15NO3S. The highest BCUT2D eigenvalue weighted by atomic mass is 32.2. The zero-order valence-electron chi connectivity index (χ0n) is 11.3. The van der Waals surface area contributed by atoms with Crippen molar-refractivity contribution in [1.82, 2.24) is 4.98 Å². The maximum atomic E-state index is 11.3. The minimum absolute atomic E-state index is 0.371. The topological polar surface area (TPSA) is 48.4 Å². The Morgan fingerprint density at radius 3 is 2.45 bits per heavy atom. The molecule has 1 aromatic carbocycles. The average Bonchev–Trinajstić information content (AvgIpc) is 2.53. The van der Waals surface area contributed by atoms with E-state index >= 15 is 0 Å². The Morgan fingerprint density at radius 2 is 1.90 bits per heavy atom. The summed E-state index contributed by atoms with van der Waals surface area (Å²) in [4.78, 5) is 15.5. The number of pyridine rings is 1. The van der Waals surface area contributed by atoms with Crippen LogP contribution in [0.4, 0.5) is 0 Å². The summed E-state index contributed by atoms with van der Waals surface area (Å²) in [6, 6.07) is 11.5. The Balaban J connectivity index is 1.94. The van der Waals surface area contributed by atoms with Gasteiger partial charge in [0.15, 0.2) is 0 Å². The lowest BCUT2D eigenvalue weighted by Gasteiger charge is -2.04. The maximum absolute atomic E-state index is 11.3. The maximum Gasteiger partial charge on any atom is 0.339 e. The molecule has 0 N–H and O–H groups in total. The monoisotopic (exact) mass is 289 g/mol. The van der Waals surface area contributed by atoms with Gasteiger partial charge in [0, 0.05) is 11.9 Å². The molecule has 0 aliphatic carbocycles. The molecule has 2 aromatic rings. The summed E-state index contributed by atoms with van der Waals surface area (Å²) < 4.78 is 9.74. The molecule has 1 aromatic heterocycles. The summed E-state index contributed by atoms with van der Waals surface area (Å²) in [6.45, 7) is 0. The fourth-order valence-corrected chi connectivity index (χ4v) is 2.38. The van der Waals surface area contributed by atoms with Gasteiger partial charge < -0.3 is 9.47 Å². The number of aromatic nitrogens is 1. The SMILES string of the molecule is COC(=O)c1ccc(SCc2ccc(OC)cc2)nc1. The summed E-state index contributed by atoms with van der Waals surface area (Å²) in [7, 11) is 3.01. The van der Waals surface area contributed by atoms with Crippen molar-refractivity contribution < 1.29 is 14.3 Å². The smallest absolute Gasteiger partial charge is 0.339 e. The highest BCUT2D eigenvalue weighted by Gasteiger charge is 2.05. The number of ether oxygens (including phenoxy) is 2. The molecule has 0 saturated carbocycles. The Kier molecular flexibility index (Phi) is 5.01. The van der Waals surface area contributed by atoms with Crippen LogP contribution in [0.3, 0.4) is 0 Å². The van der Waals surface area contributed by atoms with E-state index in [9.17, 15) is 4.79 Å². The second kappa shape index (κ2) is 6.96. The van der Waals surface area contributed by atoms with Gasteiger partial charge in [0.05, 0.1) is 24.8 Å². The van der Waals surface area contributed by atoms with E-state index in [1.54, 1.807) is 24.9 Å². The van der Waals surface area contributed by atoms with Gasteiger partial charge in [0.1, 0.15) is 5.75 Å². The molecule has 0 amide bonds. The number of thioether (sulfide) groups is 1. The van der Waals surface area contributed by atoms with E-state index in [4.69, 9.17) is 4.74 Å². The summed E-state index contributed by atoms with van der Waals surface area (Å²) in [5, 5.41) is 0.869. The van der Waals surface area contributed by atoms with Crippen molar-refractivity contribution in [3.8, 4) is 5.75 Å². The molecule has 2 rings (SSSR count). The summed E-state index contributed by atoms with van der Waals surface area (Å²) in [6.07, 6.45) is 1.53. The van der Waals surface area contributed by atoms with E-state index in [2.05, 4.69) is 9.72 Å². The van der Waals surface area contributed by atoms with Crippen LogP contribution in [0.5, 0.6) is 5.75 Å². The number of hydrogen-bond donors (Lipinski definition) is 0. The van der Waals surface area contributed by atoms with Gasteiger partial charge in [-0.05, 0) is 29.8 Å². The quantitative estimate of drug-likeness (QED) is 0.625. The van der Waals surface area contributed by atoms with E-state index in [1.165, 1.54) is 18.9 Å². The van der Waals surface area contributed by atoms with Crippen molar-refractivity contribution >= 4 is 17.7 Å². The highest BCUT2D eigenvalue weighted by molar-refractivity contribution is 7.98. The lowest BCUT2D eigenvalue weighted by molar-refractivity contribution is 0.0600. The first kappa shape index (κ1) is 14.4. The van der Waals surface area contributed by atoms with Gasteiger partial charge in [0.25, 0.3) is 0 Å². The van der Waals surface area contributed by atoms with Crippen LogP contribution in [0.25, 0.3) is 0 Å². The van der Waals surface area contributed by atoms with E-state index < -0.39 is 0 Å². The molecule has 5 heteroatoms. The molecule has 4 nitrogen and oxygen atoms in total. The molecule has 0 spiro atoms. The molecule has 0 aliphatic heterocycles. The minimum atomic E-state index is -0.371. The van der Waals surface area contributed by atoms with Crippen molar-refractivity contribution in [2.75, 3.05) is 14.2 Å². The van der Waals surface area contributed by atoms with Crippen LogP contribution < -0.4 is 4.74 Å². The number of carbonyl (C=O) groups excluding carboxylic acids is 1. The average molecular weight is 289 g/mol. The molecule has 0 unspecified atom stereocenters. The van der Waals surface area contributed by atoms with Crippen LogP contribution in [0.1, 0.15) is 15.9 Å². The second-order valence-electron chi connectivity index (χ2n) is 4.01. The molecule has 1 heterocycles. The zero-order chi connectivity index (χ0) is 14.4. The largest absolute Gasteiger partial charge is 0.497 e. The van der Waals surface area contributed by atoms with Crippen molar-refractivity contribution in [1.29, 1.82) is 0 Å². The van der Waals surface area contributed by atoms with E-state index in [0.717, 1.165) is 16.5 Å². The molecule has 0 fully saturated rings. The van der Waals surface area contributed by atoms with Crippen LogP contribution in [0.2, 0.25) is 0 Å². The number of esters is 1. The van der Waals surface area contributed by atoms with Gasteiger partial charge in [-0.1, -0.05) is 12.1 Å². The summed E-state index contributed by atoms with van der Waals surface area (Å²) in [5.41, 5.74) is 1.65. The fourth-order valence-electron chi connectivity index (χ4n) is 1.58. The molecular weight excluding hydrogens is 274 g/mol.